The zero-order chi connectivity index (χ0) is 31.1. The van der Waals surface area contributed by atoms with Crippen molar-refractivity contribution in [3.05, 3.63) is 101 Å². The fourth-order valence-electron chi connectivity index (χ4n) is 5.85. The highest BCUT2D eigenvalue weighted by Gasteiger charge is 2.47. The number of rotatable bonds is 12. The number of likely N-dealkylation sites (tertiary alicyclic amines) is 1. The van der Waals surface area contributed by atoms with Crippen molar-refractivity contribution >= 4 is 45.1 Å². The highest BCUT2D eigenvalue weighted by Crippen LogP contribution is 2.34. The van der Waals surface area contributed by atoms with E-state index in [4.69, 9.17) is 11.5 Å². The van der Waals surface area contributed by atoms with Crippen LogP contribution in [0.15, 0.2) is 89.9 Å². The molecule has 4 aromatic rings. The van der Waals surface area contributed by atoms with Gasteiger partial charge in [0.05, 0.1) is 16.3 Å². The van der Waals surface area contributed by atoms with Crippen LogP contribution in [0.25, 0.3) is 10.2 Å². The van der Waals surface area contributed by atoms with Crippen molar-refractivity contribution in [1.82, 2.24) is 20.5 Å². The van der Waals surface area contributed by atoms with E-state index in [-0.39, 0.29) is 23.6 Å². The number of hydrogen-bond donors (Lipinski definition) is 4. The summed E-state index contributed by atoms with van der Waals surface area (Å²) in [6.45, 7) is 0.732. The van der Waals surface area contributed by atoms with Gasteiger partial charge in [-0.1, -0.05) is 72.8 Å². The van der Waals surface area contributed by atoms with E-state index in [1.165, 1.54) is 11.3 Å². The Kier molecular flexibility index (Phi) is 9.66. The van der Waals surface area contributed by atoms with Gasteiger partial charge in [-0.25, -0.2) is 4.98 Å². The number of carbonyl (C=O) groups excluding carboxylic acids is 3. The second-order valence-electron chi connectivity index (χ2n) is 10.7. The first kappa shape index (κ1) is 30.8. The second-order valence-corrected chi connectivity index (χ2v) is 11.8. The van der Waals surface area contributed by atoms with Crippen LogP contribution < -0.4 is 22.1 Å². The number of aliphatic imine (C=N–C) groups is 1. The Morgan fingerprint density at radius 2 is 1.64 bits per heavy atom. The molecule has 1 unspecified atom stereocenters. The van der Waals surface area contributed by atoms with Gasteiger partial charge in [-0.3, -0.25) is 24.7 Å². The molecule has 2 heterocycles. The van der Waals surface area contributed by atoms with Gasteiger partial charge in [0.2, 0.25) is 11.7 Å². The first-order valence-electron chi connectivity index (χ1n) is 14.7. The van der Waals surface area contributed by atoms with E-state index >= 15 is 0 Å². The van der Waals surface area contributed by atoms with E-state index in [1.807, 2.05) is 84.9 Å². The van der Waals surface area contributed by atoms with E-state index in [2.05, 4.69) is 20.6 Å². The van der Waals surface area contributed by atoms with Crippen molar-refractivity contribution in [2.24, 2.45) is 16.5 Å². The largest absolute Gasteiger partial charge is 0.370 e. The van der Waals surface area contributed by atoms with Crippen molar-refractivity contribution in [2.75, 3.05) is 20.1 Å². The van der Waals surface area contributed by atoms with E-state index in [0.29, 0.717) is 43.8 Å². The Labute approximate surface area is 260 Å². The van der Waals surface area contributed by atoms with Crippen molar-refractivity contribution in [3.63, 3.8) is 0 Å². The van der Waals surface area contributed by atoms with Gasteiger partial charge >= 0.3 is 0 Å². The number of ketones is 1. The maximum atomic E-state index is 14.6. The molecule has 1 saturated heterocycles. The average molecular weight is 612 g/mol. The number of nitrogens with zero attached hydrogens (tertiary/aromatic N) is 3. The molecule has 2 atom stereocenters. The lowest BCUT2D eigenvalue weighted by Gasteiger charge is -2.38. The number of hydrogen-bond acceptors (Lipinski definition) is 7. The fourth-order valence-corrected chi connectivity index (χ4v) is 6.81. The number of amides is 2. The summed E-state index contributed by atoms with van der Waals surface area (Å²) >= 11 is 1.29. The molecule has 1 fully saturated rings. The number of para-hydroxylation sites is 1. The van der Waals surface area contributed by atoms with E-state index < -0.39 is 17.6 Å². The molecule has 0 radical (unpaired) electrons. The van der Waals surface area contributed by atoms with Crippen LogP contribution in [-0.2, 0) is 15.1 Å². The molecule has 44 heavy (non-hydrogen) atoms. The Balaban J connectivity index is 1.42. The van der Waals surface area contributed by atoms with Crippen LogP contribution in [-0.4, -0.2) is 65.7 Å². The molecule has 1 aromatic heterocycles. The van der Waals surface area contributed by atoms with Gasteiger partial charge in [-0.2, -0.15) is 0 Å². The number of fused-ring (bicyclic) bond motifs is 1. The Morgan fingerprint density at radius 3 is 2.25 bits per heavy atom. The smallest absolute Gasteiger partial charge is 0.252 e. The van der Waals surface area contributed by atoms with Crippen LogP contribution in [0, 0.1) is 0 Å². The lowest BCUT2D eigenvalue weighted by atomic mass is 9.81. The molecule has 11 heteroatoms. The van der Waals surface area contributed by atoms with Gasteiger partial charge < -0.3 is 21.7 Å². The van der Waals surface area contributed by atoms with Gasteiger partial charge in [0, 0.05) is 13.1 Å². The lowest BCUT2D eigenvalue weighted by molar-refractivity contribution is -0.142. The van der Waals surface area contributed by atoms with Gasteiger partial charge in [0.1, 0.15) is 11.6 Å². The summed E-state index contributed by atoms with van der Waals surface area (Å²) in [6, 6.07) is 25.0. The third kappa shape index (κ3) is 6.34. The van der Waals surface area contributed by atoms with Gasteiger partial charge in [-0.05, 0) is 56.0 Å². The van der Waals surface area contributed by atoms with E-state index in [1.54, 1.807) is 11.9 Å². The molecule has 228 valence electrons. The number of carbonyl (C=O) groups is 3. The molecule has 10 nitrogen and oxygen atoms in total. The Morgan fingerprint density at radius 1 is 1.00 bits per heavy atom. The number of nitrogens with two attached hydrogens (primary N) is 2. The molecule has 0 saturated carbocycles. The summed E-state index contributed by atoms with van der Waals surface area (Å²) in [6.07, 6.45) is 1.93. The minimum absolute atomic E-state index is 0.0342. The molecule has 3 aromatic carbocycles. The molecule has 1 aliphatic heterocycles. The summed E-state index contributed by atoms with van der Waals surface area (Å²) in [4.78, 5) is 52.5. The third-order valence-electron chi connectivity index (χ3n) is 8.01. The topological polar surface area (TPSA) is 156 Å². The molecule has 5 rings (SSSR count). The van der Waals surface area contributed by atoms with Crippen LogP contribution >= 0.6 is 11.3 Å². The Bertz CT molecular complexity index is 1560. The number of likely N-dealkylation sites (N-methyl/N-ethyl adjacent to an activating group) is 1. The number of nitrogens with one attached hydrogen (secondary N) is 2. The second kappa shape index (κ2) is 13.8. The predicted octanol–water partition coefficient (Wildman–Crippen LogP) is 3.17. The normalized spacial score (nSPS) is 15.6. The van der Waals surface area contributed by atoms with Crippen LogP contribution in [0.5, 0.6) is 0 Å². The first-order valence-corrected chi connectivity index (χ1v) is 15.5. The minimum Gasteiger partial charge on any atom is -0.370 e. The molecule has 0 spiro atoms. The average Bonchev–Trinajstić information content (AvgIpc) is 3.72. The lowest BCUT2D eigenvalue weighted by Crippen LogP contribution is -2.59. The standard InChI is InChI=1S/C33H37N7O3S/c1-36-33(22-12-4-2-5-13-22,23-14-6-3-7-15-23)31(43)40-21-11-18-26(40)29(42)38-25(17-10-20-37-32(34)35)28(41)30-39-24-16-8-9-19-27(24)44-30/h2-9,12-16,19,25-26,36H,10-11,17-18,20-21H2,1H3,(H,38,42)(H4,34,35,37)/t25?,26-/m0/s1. The van der Waals surface area contributed by atoms with Gasteiger partial charge in [0.25, 0.3) is 5.91 Å². The zero-order valence-electron chi connectivity index (χ0n) is 24.6. The van der Waals surface area contributed by atoms with Gasteiger partial charge in [0.15, 0.2) is 11.0 Å². The summed E-state index contributed by atoms with van der Waals surface area (Å²) in [5.74, 6) is -0.911. The van der Waals surface area contributed by atoms with Gasteiger partial charge in [-0.15, -0.1) is 11.3 Å². The molecular weight excluding hydrogens is 574 g/mol. The fraction of sp³-hybridized carbons (Fsp3) is 0.303. The van der Waals surface area contributed by atoms with Crippen molar-refractivity contribution in [3.8, 4) is 0 Å². The van der Waals surface area contributed by atoms with E-state index in [0.717, 1.165) is 21.3 Å². The summed E-state index contributed by atoms with van der Waals surface area (Å²) in [5, 5.41) is 6.60. The molecule has 6 N–H and O–H groups in total. The Hall–Kier alpha value is -4.61. The first-order chi connectivity index (χ1) is 21.3. The number of aromatic nitrogens is 1. The SMILES string of the molecule is CNC(C(=O)N1CCC[C@H]1C(=O)NC(CCCN=C(N)N)C(=O)c1nc2ccccc2s1)(c1ccccc1)c1ccccc1. The molecule has 2 amide bonds. The van der Waals surface area contributed by atoms with Crippen LogP contribution in [0.3, 0.4) is 0 Å². The van der Waals surface area contributed by atoms with Crippen molar-refractivity contribution < 1.29 is 14.4 Å². The van der Waals surface area contributed by atoms with E-state index in [9.17, 15) is 14.4 Å². The maximum Gasteiger partial charge on any atom is 0.252 e. The number of benzene rings is 3. The third-order valence-corrected chi connectivity index (χ3v) is 9.06. The minimum atomic E-state index is -1.21. The number of thiazole rings is 1. The highest BCUT2D eigenvalue weighted by molar-refractivity contribution is 7.20. The molecule has 0 aliphatic carbocycles. The zero-order valence-corrected chi connectivity index (χ0v) is 25.4. The molecule has 0 bridgehead atoms. The monoisotopic (exact) mass is 611 g/mol. The van der Waals surface area contributed by atoms with Crippen LogP contribution in [0.2, 0.25) is 0 Å². The summed E-state index contributed by atoms with van der Waals surface area (Å²) < 4.78 is 0.888. The van der Waals surface area contributed by atoms with Crippen molar-refractivity contribution in [1.29, 1.82) is 0 Å². The summed E-state index contributed by atoms with van der Waals surface area (Å²) in [7, 11) is 1.76. The summed E-state index contributed by atoms with van der Waals surface area (Å²) in [5.41, 5.74) is 12.0. The molecule has 1 aliphatic rings. The highest BCUT2D eigenvalue weighted by atomic mass is 32.1. The maximum absolute atomic E-state index is 14.6. The van der Waals surface area contributed by atoms with Crippen LogP contribution in [0.1, 0.15) is 46.6 Å². The molecular formula is C33H37N7O3S. The van der Waals surface area contributed by atoms with Crippen molar-refractivity contribution in [2.45, 2.75) is 43.3 Å². The predicted molar refractivity (Wildman–Crippen MR) is 173 cm³/mol. The number of Topliss-reactive ketones (excluding diaryl/α,β-unsaturated/α-hetero) is 1. The number of guanidine groups is 1. The van der Waals surface area contributed by atoms with Crippen LogP contribution in [0.4, 0.5) is 0 Å². The quantitative estimate of drug-likeness (QED) is 0.0830.